The Balaban J connectivity index is 0.000000168. The predicted octanol–water partition coefficient (Wildman–Crippen LogP) is 12.9. The molecule has 7 aliphatic rings. The van der Waals surface area contributed by atoms with Crippen LogP contribution < -0.4 is 0 Å². The summed E-state index contributed by atoms with van der Waals surface area (Å²) in [7, 11) is 0. The molecule has 1 aliphatic heterocycles. The Morgan fingerprint density at radius 1 is 0.787 bits per heavy atom. The summed E-state index contributed by atoms with van der Waals surface area (Å²) in [6.45, 7) is 4.09. The Hall–Kier alpha value is -2.95. The lowest BCUT2D eigenvalue weighted by molar-refractivity contribution is -0.182. The van der Waals surface area contributed by atoms with Gasteiger partial charge in [-0.3, -0.25) is 9.79 Å². The molecule has 6 fully saturated rings. The number of aliphatic imine (C=N–C) groups is 1. The van der Waals surface area contributed by atoms with Gasteiger partial charge in [-0.1, -0.05) is 60.3 Å². The Morgan fingerprint density at radius 3 is 1.92 bits per heavy atom. The van der Waals surface area contributed by atoms with Crippen molar-refractivity contribution in [2.45, 2.75) is 139 Å². The maximum absolute atomic E-state index is 13.3. The van der Waals surface area contributed by atoms with Crippen LogP contribution in [-0.2, 0) is 15.9 Å². The number of ketones is 1. The van der Waals surface area contributed by atoms with E-state index in [0.29, 0.717) is 34.2 Å². The Morgan fingerprint density at radius 2 is 1.36 bits per heavy atom. The first-order valence-electron chi connectivity index (χ1n) is 21.8. The van der Waals surface area contributed by atoms with Crippen LogP contribution in [0.2, 0.25) is 10.0 Å². The van der Waals surface area contributed by atoms with Crippen LogP contribution in [0.1, 0.15) is 131 Å². The van der Waals surface area contributed by atoms with Gasteiger partial charge in [-0.2, -0.15) is 10.2 Å². The van der Waals surface area contributed by atoms with Gasteiger partial charge in [0.25, 0.3) is 0 Å². The van der Waals surface area contributed by atoms with Crippen molar-refractivity contribution in [2.75, 3.05) is 18.0 Å². The van der Waals surface area contributed by atoms with Gasteiger partial charge in [0.15, 0.2) is 0 Å². The van der Waals surface area contributed by atoms with Crippen molar-refractivity contribution >= 4 is 80.4 Å². The average Bonchev–Trinajstić information content (AvgIpc) is 3.95. The molecule has 6 saturated carbocycles. The number of hydrogen-bond donors (Lipinski definition) is 0. The van der Waals surface area contributed by atoms with E-state index in [1.165, 1.54) is 36.2 Å². The fourth-order valence-electron chi connectivity index (χ4n) is 11.0. The first-order chi connectivity index (χ1) is 29.4. The molecule has 2 atom stereocenters. The molecule has 4 bridgehead atoms. The molecule has 8 nitrogen and oxygen atoms in total. The van der Waals surface area contributed by atoms with E-state index >= 15 is 0 Å². The van der Waals surface area contributed by atoms with E-state index in [0.717, 1.165) is 97.6 Å². The van der Waals surface area contributed by atoms with Crippen LogP contribution in [0.5, 0.6) is 0 Å². The zero-order valence-electron chi connectivity index (χ0n) is 35.6. The van der Waals surface area contributed by atoms with Gasteiger partial charge in [-0.15, -0.1) is 35.0 Å². The van der Waals surface area contributed by atoms with Crippen LogP contribution in [0, 0.1) is 19.3 Å². The van der Waals surface area contributed by atoms with Crippen molar-refractivity contribution < 1.29 is 4.79 Å². The number of aromatic nitrogens is 4. The van der Waals surface area contributed by atoms with Gasteiger partial charge in [0.1, 0.15) is 5.78 Å². The number of nitrogens with zero attached hydrogens (tertiary/aromatic N) is 7. The van der Waals surface area contributed by atoms with Crippen LogP contribution >= 0.6 is 58.2 Å². The predicted molar refractivity (Wildman–Crippen MR) is 255 cm³/mol. The highest BCUT2D eigenvalue weighted by atomic mass is 35.5. The molecule has 2 aromatic carbocycles. The van der Waals surface area contributed by atoms with Crippen LogP contribution in [0.25, 0.3) is 0 Å². The summed E-state index contributed by atoms with van der Waals surface area (Å²) in [5.74, 6) is 1.66. The van der Waals surface area contributed by atoms with Gasteiger partial charge in [0.05, 0.1) is 52.3 Å². The molecule has 0 amide bonds. The monoisotopic (exact) mass is 919 g/mol. The summed E-state index contributed by atoms with van der Waals surface area (Å²) >= 11 is 25.9. The second kappa shape index (κ2) is 18.6. The van der Waals surface area contributed by atoms with E-state index < -0.39 is 0 Å². The van der Waals surface area contributed by atoms with Gasteiger partial charge in [-0.05, 0) is 132 Å². The first-order valence-corrected chi connectivity index (χ1v) is 24.9. The highest BCUT2D eigenvalue weighted by molar-refractivity contribution is 8.13. The molecular weight excluding hydrogens is 864 g/mol. The number of halogens is 4. The number of alkyl halides is 2. The van der Waals surface area contributed by atoms with E-state index in [1.54, 1.807) is 11.8 Å². The normalized spacial score (nSPS) is 26.7. The van der Waals surface area contributed by atoms with Crippen molar-refractivity contribution in [3.05, 3.63) is 106 Å². The summed E-state index contributed by atoms with van der Waals surface area (Å²) in [4.78, 5) is 27.2. The molecule has 13 heteroatoms. The molecule has 61 heavy (non-hydrogen) atoms. The van der Waals surface area contributed by atoms with Crippen LogP contribution in [0.4, 0.5) is 0 Å². The Bertz CT molecular complexity index is 2270. The number of carbonyl (C=O) groups is 1. The first kappa shape index (κ1) is 44.6. The summed E-state index contributed by atoms with van der Waals surface area (Å²) in [5, 5.41) is 11.7. The van der Waals surface area contributed by atoms with E-state index in [9.17, 15) is 4.79 Å². The molecule has 2 unspecified atom stereocenters. The van der Waals surface area contributed by atoms with Crippen LogP contribution in [0.15, 0.2) is 88.8 Å². The molecular formula is C48H57Cl4N7OS. The van der Waals surface area contributed by atoms with Crippen molar-refractivity contribution in [2.24, 2.45) is 20.6 Å². The fraction of sp³-hybridized carbons (Fsp3) is 0.542. The highest BCUT2D eigenvalue weighted by Gasteiger charge is 2.70. The molecule has 324 valence electrons. The fourth-order valence-corrected chi connectivity index (χ4v) is 12.4. The number of rotatable bonds is 19. The quantitative estimate of drug-likeness (QED) is 0.0405. The molecule has 6 aliphatic carbocycles. The summed E-state index contributed by atoms with van der Waals surface area (Å²) in [5.41, 5.74) is 7.82. The summed E-state index contributed by atoms with van der Waals surface area (Å²) in [6.07, 6.45) is 25.3. The molecule has 11 rings (SSSR count). The zero-order valence-corrected chi connectivity index (χ0v) is 39.4. The maximum atomic E-state index is 13.3. The number of aryl methyl sites for hydroxylation is 2. The molecule has 0 N–H and O–H groups in total. The van der Waals surface area contributed by atoms with Crippen molar-refractivity contribution in [1.29, 1.82) is 0 Å². The standard InChI is InChI=1S/C24H28Cl2N4.C24H29Cl2N3OS/c1-17-12-30(16-27-17)24-13-23(14-24,15-24)11-20-10-22(29-28-20)21(7-2-3-8-25)18-5-4-6-19(26)9-18;1-17-12-29(16-27-17)24-13-23(14-24,15-24)28-22(31-2)11-21(30)20(8-3-4-9-25)18-6-5-7-19(26)10-18/h4-6,9,12,16,21H,2-3,7-8,10-11,13-15H2,1H3;5-7,10,12,16,20H,3-4,8-9,11,13-15H2,1-2H3. The minimum atomic E-state index is -0.160. The van der Waals surface area contributed by atoms with Crippen molar-refractivity contribution in [3.8, 4) is 0 Å². The van der Waals surface area contributed by atoms with Gasteiger partial charge >= 0.3 is 0 Å². The minimum absolute atomic E-state index is 0.0149. The maximum Gasteiger partial charge on any atom is 0.146 e. The Labute approximate surface area is 385 Å². The highest BCUT2D eigenvalue weighted by Crippen LogP contribution is 2.73. The minimum Gasteiger partial charge on any atom is -0.331 e. The van der Waals surface area contributed by atoms with E-state index in [1.807, 2.05) is 62.2 Å². The van der Waals surface area contributed by atoms with Gasteiger partial charge in [0, 0.05) is 63.7 Å². The SMILES string of the molecule is CSC(CC(=O)C(CCCCCl)c1cccc(Cl)c1)=NC12CC(n3cnc(C)c3)(C1)C2.Cc1cn(C23CC(CC4=NN=C(C(CCCCCl)c5cccc(Cl)c5)C4)(C2)C3)cn1. The van der Waals surface area contributed by atoms with Crippen molar-refractivity contribution in [3.63, 3.8) is 0 Å². The third kappa shape index (κ3) is 9.62. The van der Waals surface area contributed by atoms with Gasteiger partial charge < -0.3 is 9.13 Å². The second-order valence-electron chi connectivity index (χ2n) is 18.6. The third-order valence-corrected chi connectivity index (χ3v) is 15.6. The number of imidazole rings is 2. The van der Waals surface area contributed by atoms with Gasteiger partial charge in [0.2, 0.25) is 0 Å². The largest absolute Gasteiger partial charge is 0.331 e. The van der Waals surface area contributed by atoms with Gasteiger partial charge in [-0.25, -0.2) is 9.97 Å². The molecule has 0 saturated heterocycles. The number of carbonyl (C=O) groups excluding carboxylic acids is 1. The molecule has 3 heterocycles. The summed E-state index contributed by atoms with van der Waals surface area (Å²) < 4.78 is 4.60. The number of Topliss-reactive ketones (excluding diaryl/α,β-unsaturated/α-hetero) is 1. The number of thioether (sulfide) groups is 1. The lowest BCUT2D eigenvalue weighted by Gasteiger charge is -2.71. The Kier molecular flexibility index (Phi) is 13.6. The van der Waals surface area contributed by atoms with E-state index in [-0.39, 0.29) is 28.7 Å². The van der Waals surface area contributed by atoms with Crippen LogP contribution in [-0.4, -0.2) is 64.9 Å². The molecule has 2 aromatic heterocycles. The van der Waals surface area contributed by atoms with Crippen LogP contribution in [0.3, 0.4) is 0 Å². The summed E-state index contributed by atoms with van der Waals surface area (Å²) in [6, 6.07) is 15.9. The number of unbranched alkanes of at least 4 members (excludes halogenated alkanes) is 2. The van der Waals surface area contributed by atoms with Crippen molar-refractivity contribution in [1.82, 2.24) is 19.1 Å². The lowest BCUT2D eigenvalue weighted by Crippen LogP contribution is -2.71. The number of benzene rings is 2. The smallest absolute Gasteiger partial charge is 0.146 e. The average molecular weight is 922 g/mol. The zero-order chi connectivity index (χ0) is 42.8. The van der Waals surface area contributed by atoms with E-state index in [4.69, 9.17) is 51.4 Å². The second-order valence-corrected chi connectivity index (χ2v) is 21.1. The topological polar surface area (TPSA) is 89.8 Å². The number of hydrogen-bond acceptors (Lipinski definition) is 7. The third-order valence-electron chi connectivity index (χ3n) is 13.9. The molecule has 0 radical (unpaired) electrons. The van der Waals surface area contributed by atoms with E-state index in [2.05, 4.69) is 60.8 Å². The molecule has 4 aromatic rings. The molecule has 0 spiro atoms. The lowest BCUT2D eigenvalue weighted by atomic mass is 9.38.